The van der Waals surface area contributed by atoms with E-state index in [1.165, 1.54) is 7.11 Å². The van der Waals surface area contributed by atoms with Crippen molar-refractivity contribution >= 4 is 45.7 Å². The van der Waals surface area contributed by atoms with E-state index in [-0.39, 0.29) is 16.6 Å². The SMILES string of the molecule is COC(=O)c1ccc(CCn2c(C=Cc3cccc(OC)c3)c(Br)cc(Cl)c2=O)cc1. The molecule has 0 fully saturated rings. The van der Waals surface area contributed by atoms with Crippen LogP contribution in [0.3, 0.4) is 0 Å². The van der Waals surface area contributed by atoms with Crippen molar-refractivity contribution in [2.45, 2.75) is 13.0 Å². The number of pyridine rings is 1. The Bertz CT molecular complexity index is 1170. The van der Waals surface area contributed by atoms with Crippen LogP contribution in [0.4, 0.5) is 0 Å². The fraction of sp³-hybridized carbons (Fsp3) is 0.167. The van der Waals surface area contributed by atoms with Crippen LogP contribution in [-0.2, 0) is 17.7 Å². The Balaban J connectivity index is 1.88. The highest BCUT2D eigenvalue weighted by molar-refractivity contribution is 9.10. The minimum Gasteiger partial charge on any atom is -0.497 e. The minimum absolute atomic E-state index is 0.145. The van der Waals surface area contributed by atoms with E-state index in [0.29, 0.717) is 24.2 Å². The summed E-state index contributed by atoms with van der Waals surface area (Å²) in [5.74, 6) is 0.372. The van der Waals surface area contributed by atoms with Crippen LogP contribution in [0.5, 0.6) is 5.75 Å². The van der Waals surface area contributed by atoms with Crippen LogP contribution in [0.2, 0.25) is 5.02 Å². The first-order valence-electron chi connectivity index (χ1n) is 9.51. The van der Waals surface area contributed by atoms with E-state index in [0.717, 1.165) is 21.3 Å². The topological polar surface area (TPSA) is 57.5 Å². The second-order valence-electron chi connectivity index (χ2n) is 6.73. The van der Waals surface area contributed by atoms with Gasteiger partial charge in [0.05, 0.1) is 25.5 Å². The van der Waals surface area contributed by atoms with Gasteiger partial charge in [0.15, 0.2) is 0 Å². The van der Waals surface area contributed by atoms with Gasteiger partial charge in [-0.15, -0.1) is 0 Å². The third-order valence-electron chi connectivity index (χ3n) is 4.76. The number of aryl methyl sites for hydroxylation is 1. The summed E-state index contributed by atoms with van der Waals surface area (Å²) in [6.07, 6.45) is 4.38. The van der Waals surface area contributed by atoms with Gasteiger partial charge in [-0.25, -0.2) is 4.79 Å². The summed E-state index contributed by atoms with van der Waals surface area (Å²) in [6.45, 7) is 0.424. The van der Waals surface area contributed by atoms with E-state index >= 15 is 0 Å². The molecule has 0 spiro atoms. The molecule has 1 heterocycles. The molecule has 0 amide bonds. The quantitative estimate of drug-likeness (QED) is 0.402. The van der Waals surface area contributed by atoms with Crippen LogP contribution in [0.1, 0.15) is 27.2 Å². The number of benzene rings is 2. The van der Waals surface area contributed by atoms with Crippen molar-refractivity contribution in [2.75, 3.05) is 14.2 Å². The number of methoxy groups -OCH3 is 2. The van der Waals surface area contributed by atoms with E-state index < -0.39 is 0 Å². The fourth-order valence-electron chi connectivity index (χ4n) is 3.09. The summed E-state index contributed by atoms with van der Waals surface area (Å²) >= 11 is 9.67. The molecule has 7 heteroatoms. The molecular weight excluding hydrogens is 482 g/mol. The number of ether oxygens (including phenoxy) is 2. The highest BCUT2D eigenvalue weighted by atomic mass is 79.9. The average Bonchev–Trinajstić information content (AvgIpc) is 2.79. The molecule has 1 aromatic heterocycles. The van der Waals surface area contributed by atoms with Gasteiger partial charge in [-0.05, 0) is 69.9 Å². The predicted octanol–water partition coefficient (Wildman–Crippen LogP) is 5.47. The second kappa shape index (κ2) is 10.5. The van der Waals surface area contributed by atoms with Gasteiger partial charge in [0, 0.05) is 11.0 Å². The second-order valence-corrected chi connectivity index (χ2v) is 7.99. The number of carbonyl (C=O) groups excluding carboxylic acids is 1. The fourth-order valence-corrected chi connectivity index (χ4v) is 4.01. The van der Waals surface area contributed by atoms with Crippen LogP contribution >= 0.6 is 27.5 Å². The highest BCUT2D eigenvalue weighted by Gasteiger charge is 2.11. The van der Waals surface area contributed by atoms with Crippen molar-refractivity contribution in [3.63, 3.8) is 0 Å². The molecule has 0 bridgehead atoms. The van der Waals surface area contributed by atoms with Gasteiger partial charge < -0.3 is 14.0 Å². The lowest BCUT2D eigenvalue weighted by Crippen LogP contribution is -2.24. The number of hydrogen-bond acceptors (Lipinski definition) is 4. The lowest BCUT2D eigenvalue weighted by atomic mass is 10.1. The van der Waals surface area contributed by atoms with Crippen molar-refractivity contribution in [1.29, 1.82) is 0 Å². The van der Waals surface area contributed by atoms with E-state index in [1.807, 2.05) is 48.6 Å². The number of carbonyl (C=O) groups is 1. The summed E-state index contributed by atoms with van der Waals surface area (Å²) in [6, 6.07) is 16.4. The summed E-state index contributed by atoms with van der Waals surface area (Å²) in [5, 5.41) is 0.145. The van der Waals surface area contributed by atoms with Gasteiger partial charge in [-0.2, -0.15) is 0 Å². The molecule has 0 saturated heterocycles. The highest BCUT2D eigenvalue weighted by Crippen LogP contribution is 2.23. The zero-order chi connectivity index (χ0) is 22.4. The Labute approximate surface area is 194 Å². The molecule has 5 nitrogen and oxygen atoms in total. The van der Waals surface area contributed by atoms with E-state index in [9.17, 15) is 9.59 Å². The number of esters is 1. The standard InChI is InChI=1S/C24H21BrClNO4/c1-30-19-5-3-4-17(14-19)8-11-22-20(25)15-21(26)23(28)27(22)13-12-16-6-9-18(10-7-16)24(29)31-2/h3-11,14-15H,12-13H2,1-2H3. The van der Waals surface area contributed by atoms with Crippen LogP contribution in [0, 0.1) is 0 Å². The van der Waals surface area contributed by atoms with Crippen LogP contribution in [-0.4, -0.2) is 24.8 Å². The molecule has 0 unspecified atom stereocenters. The number of rotatable bonds is 7. The zero-order valence-corrected chi connectivity index (χ0v) is 19.4. The Morgan fingerprint density at radius 2 is 1.84 bits per heavy atom. The molecule has 0 aliphatic heterocycles. The number of halogens is 2. The maximum Gasteiger partial charge on any atom is 0.337 e. The minimum atomic E-state index is -0.383. The Kier molecular flexibility index (Phi) is 7.71. The monoisotopic (exact) mass is 501 g/mol. The maximum absolute atomic E-state index is 12.8. The summed E-state index contributed by atoms with van der Waals surface area (Å²) in [5.41, 5.74) is 2.86. The average molecular weight is 503 g/mol. The molecule has 0 N–H and O–H groups in total. The predicted molar refractivity (Wildman–Crippen MR) is 127 cm³/mol. The molecule has 0 aliphatic rings. The van der Waals surface area contributed by atoms with Gasteiger partial charge in [-0.3, -0.25) is 4.79 Å². The summed E-state index contributed by atoms with van der Waals surface area (Å²) in [4.78, 5) is 24.3. The van der Waals surface area contributed by atoms with Crippen LogP contribution in [0.25, 0.3) is 12.2 Å². The third-order valence-corrected chi connectivity index (χ3v) is 5.67. The van der Waals surface area contributed by atoms with Crippen molar-refractivity contribution in [1.82, 2.24) is 4.57 Å². The van der Waals surface area contributed by atoms with Crippen LogP contribution in [0.15, 0.2) is 63.9 Å². The van der Waals surface area contributed by atoms with Gasteiger partial charge >= 0.3 is 5.97 Å². The van der Waals surface area contributed by atoms with E-state index in [1.54, 1.807) is 29.9 Å². The summed E-state index contributed by atoms with van der Waals surface area (Å²) < 4.78 is 12.3. The summed E-state index contributed by atoms with van der Waals surface area (Å²) in [7, 11) is 2.97. The first kappa shape index (κ1) is 22.8. The third kappa shape index (κ3) is 5.66. The van der Waals surface area contributed by atoms with Crippen molar-refractivity contribution < 1.29 is 14.3 Å². The molecule has 160 valence electrons. The molecule has 2 aromatic carbocycles. The largest absolute Gasteiger partial charge is 0.497 e. The number of aromatic nitrogens is 1. The molecule has 31 heavy (non-hydrogen) atoms. The molecule has 0 radical (unpaired) electrons. The van der Waals surface area contributed by atoms with Crippen molar-refractivity contribution in [3.8, 4) is 5.75 Å². The number of nitrogens with zero attached hydrogens (tertiary/aromatic N) is 1. The Hall–Kier alpha value is -2.83. The van der Waals surface area contributed by atoms with Gasteiger partial charge in [0.1, 0.15) is 10.8 Å². The molecule has 3 aromatic rings. The van der Waals surface area contributed by atoms with Gasteiger partial charge in [0.25, 0.3) is 5.56 Å². The molecule has 0 saturated carbocycles. The zero-order valence-electron chi connectivity index (χ0n) is 17.1. The first-order valence-corrected chi connectivity index (χ1v) is 10.7. The lowest BCUT2D eigenvalue weighted by Gasteiger charge is -2.13. The van der Waals surface area contributed by atoms with Crippen molar-refractivity contribution in [3.05, 3.63) is 96.8 Å². The number of hydrogen-bond donors (Lipinski definition) is 0. The maximum atomic E-state index is 12.8. The molecule has 0 atom stereocenters. The van der Waals surface area contributed by atoms with Crippen molar-refractivity contribution in [2.24, 2.45) is 0 Å². The van der Waals surface area contributed by atoms with E-state index in [2.05, 4.69) is 15.9 Å². The molecule has 0 aliphatic carbocycles. The smallest absolute Gasteiger partial charge is 0.337 e. The van der Waals surface area contributed by atoms with E-state index in [4.69, 9.17) is 21.1 Å². The Morgan fingerprint density at radius 3 is 2.52 bits per heavy atom. The lowest BCUT2D eigenvalue weighted by molar-refractivity contribution is 0.0600. The van der Waals surface area contributed by atoms with Crippen LogP contribution < -0.4 is 10.3 Å². The first-order chi connectivity index (χ1) is 14.9. The van der Waals surface area contributed by atoms with Gasteiger partial charge in [-0.1, -0.05) is 41.9 Å². The van der Waals surface area contributed by atoms with Gasteiger partial charge in [0.2, 0.25) is 0 Å². The molecular formula is C24H21BrClNO4. The molecule has 3 rings (SSSR count). The Morgan fingerprint density at radius 1 is 1.10 bits per heavy atom. The normalized spacial score (nSPS) is 11.0.